The number of aliphatic hydroxyl groups is 2. The maximum absolute atomic E-state index is 12.2. The fraction of sp³-hybridized carbons (Fsp3) is 0.384. The number of ether oxygens (including phenoxy) is 6. The Morgan fingerprint density at radius 2 is 0.763 bits per heavy atom. The van der Waals surface area contributed by atoms with Crippen molar-refractivity contribution in [1.82, 2.24) is 44.1 Å². The van der Waals surface area contributed by atoms with Gasteiger partial charge in [0, 0.05) is 75.7 Å². The average molecular weight is 1670 g/mol. The third-order valence-electron chi connectivity index (χ3n) is 12.5. The molecule has 5 N–H and O–H groups in total. The summed E-state index contributed by atoms with van der Waals surface area (Å²) in [5.74, 6) is -6.11. The Bertz CT molecular complexity index is 3870. The van der Waals surface area contributed by atoms with Gasteiger partial charge in [0.05, 0.1) is 85.3 Å². The van der Waals surface area contributed by atoms with Gasteiger partial charge in [-0.05, 0) is 164 Å². The normalized spacial score (nSPS) is 10.2. The molecule has 0 aliphatic heterocycles. The molecule has 0 unspecified atom stereocenters. The number of aromatic carboxylic acids is 3. The van der Waals surface area contributed by atoms with Crippen LogP contribution >= 0.6 is 23.0 Å². The second-order valence-electron chi connectivity index (χ2n) is 20.5. The molecular weight excluding hydrogens is 1580 g/mol. The summed E-state index contributed by atoms with van der Waals surface area (Å²) in [6, 6.07) is 17.7. The molecule has 30 nitrogen and oxygen atoms in total. The minimum absolute atomic E-state index is 0.0296. The van der Waals surface area contributed by atoms with E-state index in [-0.39, 0.29) is 98.0 Å². The van der Waals surface area contributed by atoms with Gasteiger partial charge in [0.2, 0.25) is 0 Å². The lowest BCUT2D eigenvalue weighted by Crippen LogP contribution is -2.25. The fourth-order valence-corrected chi connectivity index (χ4v) is 8.05. The van der Waals surface area contributed by atoms with Crippen LogP contribution in [-0.2, 0) is 35.0 Å². The van der Waals surface area contributed by atoms with Crippen LogP contribution in [0.15, 0.2) is 128 Å². The van der Waals surface area contributed by atoms with E-state index < -0.39 is 94.8 Å². The molecule has 0 saturated heterocycles. The molecule has 0 aliphatic rings. The highest BCUT2D eigenvalue weighted by atomic mass is 35.5. The van der Waals surface area contributed by atoms with Crippen molar-refractivity contribution >= 4 is 82.3 Å². The summed E-state index contributed by atoms with van der Waals surface area (Å²) in [4.78, 5) is 135. The zero-order chi connectivity index (χ0) is 87.3. The third-order valence-corrected chi connectivity index (χ3v) is 13.7. The minimum atomic E-state index is -5.05. The number of aromatic nitrogens is 7. The monoisotopic (exact) mass is 1670 g/mol. The number of esters is 5. The number of halogens is 10. The van der Waals surface area contributed by atoms with E-state index in [1.165, 1.54) is 93.9 Å². The molecular formula is C73H91ClF9N9O21S. The Balaban J connectivity index is -0.00000122. The van der Waals surface area contributed by atoms with Gasteiger partial charge in [0.25, 0.3) is 35.9 Å². The van der Waals surface area contributed by atoms with Crippen LogP contribution in [0.2, 0.25) is 0 Å². The van der Waals surface area contributed by atoms with E-state index in [0.717, 1.165) is 55.1 Å². The molecule has 0 aliphatic carbocycles. The second-order valence-corrected chi connectivity index (χ2v) is 22.1. The van der Waals surface area contributed by atoms with Gasteiger partial charge in [0.15, 0.2) is 6.29 Å². The molecule has 7 aromatic rings. The summed E-state index contributed by atoms with van der Waals surface area (Å²) >= 11 is 0.0223. The predicted octanol–water partition coefficient (Wildman–Crippen LogP) is 14.1. The Kier molecular flexibility index (Phi) is 59.6. The summed E-state index contributed by atoms with van der Waals surface area (Å²) in [5.41, 5.74) is 0.0620. The number of carbonyl (C=O) groups is 10. The van der Waals surface area contributed by atoms with E-state index in [0.29, 0.717) is 52.6 Å². The predicted molar refractivity (Wildman–Crippen MR) is 398 cm³/mol. The molecule has 7 rings (SSSR count). The molecule has 114 heavy (non-hydrogen) atoms. The number of carboxylic acid groups (broad SMARTS) is 3. The number of aliphatic hydroxyl groups excluding tert-OH is 2. The first-order valence-electron chi connectivity index (χ1n) is 33.9. The van der Waals surface area contributed by atoms with Crippen LogP contribution in [0.3, 0.4) is 0 Å². The fourth-order valence-electron chi connectivity index (χ4n) is 7.26. The lowest BCUT2D eigenvalue weighted by molar-refractivity contribution is 0.0506. The molecule has 0 atom stereocenters. The Hall–Kier alpha value is -11.0. The number of hydrogen-bond donors (Lipinski definition) is 5. The van der Waals surface area contributed by atoms with E-state index in [2.05, 4.69) is 70.0 Å². The zero-order valence-electron chi connectivity index (χ0n) is 63.8. The molecule has 0 aromatic carbocycles. The largest absolute Gasteiger partial charge is 0.478 e. The number of carboxylic acids is 3. The Labute approximate surface area is 658 Å². The van der Waals surface area contributed by atoms with Crippen LogP contribution in [0.1, 0.15) is 222 Å². The van der Waals surface area contributed by atoms with E-state index >= 15 is 0 Å². The van der Waals surface area contributed by atoms with Crippen molar-refractivity contribution in [1.29, 1.82) is 0 Å². The molecule has 41 heteroatoms. The summed E-state index contributed by atoms with van der Waals surface area (Å²) in [6.07, 6.45) is 1.73. The van der Waals surface area contributed by atoms with Gasteiger partial charge in [0.1, 0.15) is 34.2 Å². The number of aldehydes is 1. The molecule has 7 heterocycles. The Morgan fingerprint density at radius 3 is 1.11 bits per heavy atom. The standard InChI is InChI=1S/C11H13NO4.C9H9F2NO2.C9H11NO3.C9H9NO3.C7H4ClF2NO.C7H5F2NO2.C7H5NO4.C6H14F3NOS.C6H15N.C2H6O/c1-3-15-10(13)8-5-6-12-9(7-8)11(14)16-4-2;1-2-14-9(13)6-3-4-12-7(5-6)8(10)11;2*1-2-13-9(12)7-3-4-10-8(5-7)6-11;8-6(12)4-1-2-11-5(3-4)7(9)10;8-6(9)5-3-4(7(11)12)1-2-10-5;9-6(10)4-1-2-8-5(3-4)7(11)12;1-3-4-10(5-6-11-2)12(7,8)9;1-4-7(5-2)6-3;1-2-3/h5-7H,3-4H2,1-2H3;3-5,8H,2H2,1H3;3-5,11H,2,6H2,1H3;3-6H,2H2,1H3;1-3,7H;1-3,6H,(H,11,12);1-3H,(H,9,10)(H,11,12);3-6H2,1-2H3;4-6H2,1-3H3;3H,2H2,1H3. The molecule has 0 amide bonds. The van der Waals surface area contributed by atoms with Crippen LogP contribution in [0.5, 0.6) is 0 Å². The van der Waals surface area contributed by atoms with Gasteiger partial charge in [-0.2, -0.15) is 4.31 Å². The number of pyridine rings is 7. The number of carbonyl (C=O) groups excluding carboxylic acids is 7. The van der Waals surface area contributed by atoms with Gasteiger partial charge in [-0.25, -0.2) is 74.7 Å². The summed E-state index contributed by atoms with van der Waals surface area (Å²) in [6.45, 7) is 23.7. The van der Waals surface area contributed by atoms with Crippen LogP contribution < -0.4 is 0 Å². The van der Waals surface area contributed by atoms with Crippen molar-refractivity contribution in [3.05, 3.63) is 207 Å². The first-order chi connectivity index (χ1) is 54.0. The Morgan fingerprint density at radius 1 is 0.439 bits per heavy atom. The third kappa shape index (κ3) is 48.0. The van der Waals surface area contributed by atoms with Crippen molar-refractivity contribution in [2.24, 2.45) is 0 Å². The quantitative estimate of drug-likeness (QED) is 0.00999. The van der Waals surface area contributed by atoms with Crippen molar-refractivity contribution in [2.45, 2.75) is 102 Å². The highest BCUT2D eigenvalue weighted by molar-refractivity contribution is 8.18. The number of methoxy groups -OCH3 is 1. The van der Waals surface area contributed by atoms with Gasteiger partial charge >= 0.3 is 47.8 Å². The van der Waals surface area contributed by atoms with E-state index in [4.69, 9.17) is 56.1 Å². The minimum Gasteiger partial charge on any atom is -0.478 e. The smallest absolute Gasteiger partial charge is 0.356 e. The van der Waals surface area contributed by atoms with Gasteiger partial charge in [-0.15, -0.1) is 11.7 Å². The number of alkyl halides is 6. The van der Waals surface area contributed by atoms with Gasteiger partial charge < -0.3 is 58.9 Å². The first kappa shape index (κ1) is 107. The summed E-state index contributed by atoms with van der Waals surface area (Å²) < 4.78 is 138. The van der Waals surface area contributed by atoms with Crippen molar-refractivity contribution in [3.8, 4) is 0 Å². The molecule has 0 saturated carbocycles. The van der Waals surface area contributed by atoms with Crippen LogP contribution in [0.25, 0.3) is 0 Å². The molecule has 0 spiro atoms. The van der Waals surface area contributed by atoms with E-state index in [1.54, 1.807) is 54.5 Å². The van der Waals surface area contributed by atoms with Gasteiger partial charge in [-0.1, -0.05) is 27.7 Å². The molecule has 7 aromatic heterocycles. The van der Waals surface area contributed by atoms with E-state index in [1.807, 2.05) is 0 Å². The maximum Gasteiger partial charge on any atom is 0.356 e. The zero-order valence-corrected chi connectivity index (χ0v) is 65.4. The van der Waals surface area contributed by atoms with Crippen molar-refractivity contribution in [2.75, 3.05) is 86.1 Å². The lowest BCUT2D eigenvalue weighted by atomic mass is 10.2. The maximum atomic E-state index is 12.2. The van der Waals surface area contributed by atoms with Gasteiger partial charge in [-0.3, -0.25) is 34.5 Å². The SMILES string of the molecule is CCCN(CCOC)S(F)(F)F.CCN(CC)CC.CCO.CCOC(=O)c1ccnc(C(=O)OCC)c1.CCOC(=O)c1ccnc(C(F)F)c1.CCOC(=O)c1ccnc(C=O)c1.CCOC(=O)c1ccnc(CO)c1.O=C(Cl)c1ccnc(C(F)F)c1.O=C(O)c1ccnc(C(=O)O)c1.O=C(O)c1ccnc(C(F)F)c1. The van der Waals surface area contributed by atoms with Crippen molar-refractivity contribution < 1.29 is 140 Å². The number of nitrogens with zero attached hydrogens (tertiary/aromatic N) is 9. The average Bonchev–Trinajstić information content (AvgIpc) is 0.870. The molecule has 0 bridgehead atoms. The first-order valence-corrected chi connectivity index (χ1v) is 35.5. The van der Waals surface area contributed by atoms with Crippen molar-refractivity contribution in [3.63, 3.8) is 0 Å². The number of hydrogen-bond acceptors (Lipinski definition) is 27. The molecule has 0 fully saturated rings. The number of rotatable bonds is 28. The topological polar surface area (TPSA) is 424 Å². The summed E-state index contributed by atoms with van der Waals surface area (Å²) in [5, 5.41) is 40.9. The molecule has 0 radical (unpaired) electrons. The highest BCUT2D eigenvalue weighted by Crippen LogP contribution is 2.56. The summed E-state index contributed by atoms with van der Waals surface area (Å²) in [7, 11) is 1.40. The highest BCUT2D eigenvalue weighted by Gasteiger charge is 2.30. The molecule has 630 valence electrons. The lowest BCUT2D eigenvalue weighted by Gasteiger charge is -2.25. The second kappa shape index (κ2) is 63.5. The van der Waals surface area contributed by atoms with E-state index in [9.17, 15) is 85.9 Å². The van der Waals surface area contributed by atoms with Crippen LogP contribution in [-0.4, -0.2) is 215 Å². The van der Waals surface area contributed by atoms with Crippen LogP contribution in [0, 0.1) is 0 Å². The van der Waals surface area contributed by atoms with Crippen LogP contribution in [0.4, 0.5) is 38.0 Å².